The highest BCUT2D eigenvalue weighted by molar-refractivity contribution is 7.99. The van der Waals surface area contributed by atoms with Crippen LogP contribution in [0.15, 0.2) is 5.16 Å². The standard InChI is InChI=1S/C11H21N5OS/c1-4-6-16(7-5-2)9(17)8-18-11-14-13-10(12)15(11)3/h4-8H2,1-3H3,(H2,12,13). The average molecular weight is 271 g/mol. The van der Waals surface area contributed by atoms with Gasteiger partial charge in [0.25, 0.3) is 0 Å². The van der Waals surface area contributed by atoms with Crippen LogP contribution in [-0.4, -0.2) is 44.4 Å². The minimum atomic E-state index is 0.144. The topological polar surface area (TPSA) is 77.0 Å². The van der Waals surface area contributed by atoms with Gasteiger partial charge in [0, 0.05) is 20.1 Å². The summed E-state index contributed by atoms with van der Waals surface area (Å²) in [5, 5.41) is 8.35. The monoisotopic (exact) mass is 271 g/mol. The molecule has 0 aliphatic rings. The predicted molar refractivity (Wildman–Crippen MR) is 73.3 cm³/mol. The van der Waals surface area contributed by atoms with Crippen molar-refractivity contribution in [2.24, 2.45) is 7.05 Å². The molecular formula is C11H21N5OS. The minimum Gasteiger partial charge on any atom is -0.368 e. The maximum Gasteiger partial charge on any atom is 0.233 e. The zero-order valence-electron chi connectivity index (χ0n) is 11.2. The first-order chi connectivity index (χ1) is 8.60. The number of thioether (sulfide) groups is 1. The van der Waals surface area contributed by atoms with Gasteiger partial charge in [-0.05, 0) is 12.8 Å². The zero-order chi connectivity index (χ0) is 13.5. The molecule has 2 N–H and O–H groups in total. The first-order valence-electron chi connectivity index (χ1n) is 6.15. The largest absolute Gasteiger partial charge is 0.368 e. The Morgan fingerprint density at radius 1 is 1.33 bits per heavy atom. The summed E-state index contributed by atoms with van der Waals surface area (Å²) in [7, 11) is 1.79. The van der Waals surface area contributed by atoms with Crippen LogP contribution in [0.1, 0.15) is 26.7 Å². The zero-order valence-corrected chi connectivity index (χ0v) is 12.0. The highest BCUT2D eigenvalue weighted by atomic mass is 32.2. The van der Waals surface area contributed by atoms with Gasteiger partial charge in [-0.3, -0.25) is 9.36 Å². The number of nitrogens with zero attached hydrogens (tertiary/aromatic N) is 4. The molecule has 0 spiro atoms. The van der Waals surface area contributed by atoms with E-state index in [4.69, 9.17) is 5.73 Å². The van der Waals surface area contributed by atoms with Crippen molar-refractivity contribution in [1.29, 1.82) is 0 Å². The van der Waals surface area contributed by atoms with E-state index < -0.39 is 0 Å². The molecule has 1 aromatic rings. The Morgan fingerprint density at radius 2 is 1.94 bits per heavy atom. The van der Waals surface area contributed by atoms with Gasteiger partial charge in [0.05, 0.1) is 5.75 Å². The lowest BCUT2D eigenvalue weighted by Crippen LogP contribution is -2.33. The molecule has 1 heterocycles. The number of anilines is 1. The molecule has 1 rings (SSSR count). The molecule has 102 valence electrons. The maximum atomic E-state index is 12.0. The summed E-state index contributed by atoms with van der Waals surface area (Å²) in [5.74, 6) is 0.889. The third-order valence-electron chi connectivity index (χ3n) is 2.53. The summed E-state index contributed by atoms with van der Waals surface area (Å²) in [6.45, 7) is 5.78. The lowest BCUT2D eigenvalue weighted by molar-refractivity contribution is -0.128. The van der Waals surface area contributed by atoms with E-state index in [9.17, 15) is 4.79 Å². The van der Waals surface area contributed by atoms with E-state index >= 15 is 0 Å². The molecule has 0 aromatic carbocycles. The number of nitrogen functional groups attached to an aromatic ring is 1. The van der Waals surface area contributed by atoms with Crippen LogP contribution >= 0.6 is 11.8 Å². The molecule has 0 bridgehead atoms. The van der Waals surface area contributed by atoms with E-state index in [0.717, 1.165) is 25.9 Å². The van der Waals surface area contributed by atoms with Gasteiger partial charge in [-0.15, -0.1) is 10.2 Å². The van der Waals surface area contributed by atoms with Crippen molar-refractivity contribution < 1.29 is 4.79 Å². The summed E-state index contributed by atoms with van der Waals surface area (Å²) in [6.07, 6.45) is 1.96. The molecule has 0 unspecified atom stereocenters. The molecule has 0 aliphatic carbocycles. The Balaban J connectivity index is 2.51. The van der Waals surface area contributed by atoms with Gasteiger partial charge in [-0.2, -0.15) is 0 Å². The molecule has 0 fully saturated rings. The Kier molecular flexibility index (Phi) is 5.97. The first-order valence-corrected chi connectivity index (χ1v) is 7.14. The van der Waals surface area contributed by atoms with E-state index in [0.29, 0.717) is 16.9 Å². The van der Waals surface area contributed by atoms with Crippen LogP contribution in [0.5, 0.6) is 0 Å². The summed E-state index contributed by atoms with van der Waals surface area (Å²) in [6, 6.07) is 0. The van der Waals surface area contributed by atoms with E-state index in [1.54, 1.807) is 11.6 Å². The molecule has 1 amide bonds. The molecule has 7 heteroatoms. The van der Waals surface area contributed by atoms with Crippen LogP contribution in [0.2, 0.25) is 0 Å². The molecule has 0 aliphatic heterocycles. The normalized spacial score (nSPS) is 10.6. The number of amides is 1. The van der Waals surface area contributed by atoms with Gasteiger partial charge in [0.2, 0.25) is 11.9 Å². The smallest absolute Gasteiger partial charge is 0.233 e. The first kappa shape index (κ1) is 14.8. The fourth-order valence-electron chi connectivity index (χ4n) is 1.57. The number of hydrogen-bond donors (Lipinski definition) is 1. The second-order valence-electron chi connectivity index (χ2n) is 4.07. The van der Waals surface area contributed by atoms with Crippen molar-refractivity contribution in [3.05, 3.63) is 0 Å². The number of aromatic nitrogens is 3. The number of nitrogens with two attached hydrogens (primary N) is 1. The van der Waals surface area contributed by atoms with Crippen LogP contribution in [0, 0.1) is 0 Å². The minimum absolute atomic E-state index is 0.144. The molecule has 1 aromatic heterocycles. The lowest BCUT2D eigenvalue weighted by Gasteiger charge is -2.20. The van der Waals surface area contributed by atoms with E-state index in [1.165, 1.54) is 11.8 Å². The molecular weight excluding hydrogens is 250 g/mol. The van der Waals surface area contributed by atoms with Gasteiger partial charge in [-0.1, -0.05) is 25.6 Å². The Hall–Kier alpha value is -1.24. The van der Waals surface area contributed by atoms with Gasteiger partial charge >= 0.3 is 0 Å². The fraction of sp³-hybridized carbons (Fsp3) is 0.727. The van der Waals surface area contributed by atoms with Crippen molar-refractivity contribution in [3.63, 3.8) is 0 Å². The number of carbonyl (C=O) groups is 1. The molecule has 0 saturated heterocycles. The summed E-state index contributed by atoms with van der Waals surface area (Å²) in [5.41, 5.74) is 5.58. The summed E-state index contributed by atoms with van der Waals surface area (Å²) in [4.78, 5) is 13.9. The maximum absolute atomic E-state index is 12.0. The van der Waals surface area contributed by atoms with Crippen LogP contribution in [-0.2, 0) is 11.8 Å². The van der Waals surface area contributed by atoms with E-state index in [1.807, 2.05) is 4.90 Å². The molecule has 0 atom stereocenters. The molecule has 6 nitrogen and oxygen atoms in total. The number of hydrogen-bond acceptors (Lipinski definition) is 5. The molecule has 0 saturated carbocycles. The van der Waals surface area contributed by atoms with Gasteiger partial charge < -0.3 is 10.6 Å². The summed E-state index contributed by atoms with van der Waals surface area (Å²) >= 11 is 1.37. The fourth-order valence-corrected chi connectivity index (χ4v) is 2.39. The van der Waals surface area contributed by atoms with Crippen molar-refractivity contribution in [3.8, 4) is 0 Å². The van der Waals surface area contributed by atoms with Gasteiger partial charge in [0.1, 0.15) is 0 Å². The van der Waals surface area contributed by atoms with Crippen LogP contribution < -0.4 is 5.73 Å². The lowest BCUT2D eigenvalue weighted by atomic mass is 10.3. The van der Waals surface area contributed by atoms with E-state index in [2.05, 4.69) is 24.0 Å². The van der Waals surface area contributed by atoms with Gasteiger partial charge in [0.15, 0.2) is 5.16 Å². The highest BCUT2D eigenvalue weighted by Gasteiger charge is 2.14. The molecule has 18 heavy (non-hydrogen) atoms. The SMILES string of the molecule is CCCN(CCC)C(=O)CSc1nnc(N)n1C. The summed E-state index contributed by atoms with van der Waals surface area (Å²) < 4.78 is 1.68. The number of carbonyl (C=O) groups excluding carboxylic acids is 1. The van der Waals surface area contributed by atoms with Gasteiger partial charge in [-0.25, -0.2) is 0 Å². The second-order valence-corrected chi connectivity index (χ2v) is 5.01. The quantitative estimate of drug-likeness (QED) is 0.752. The van der Waals surface area contributed by atoms with Crippen LogP contribution in [0.25, 0.3) is 0 Å². The third-order valence-corrected chi connectivity index (χ3v) is 3.54. The highest BCUT2D eigenvalue weighted by Crippen LogP contribution is 2.16. The number of rotatable bonds is 7. The second kappa shape index (κ2) is 7.25. The van der Waals surface area contributed by atoms with Crippen molar-refractivity contribution in [1.82, 2.24) is 19.7 Å². The van der Waals surface area contributed by atoms with Crippen molar-refractivity contribution in [2.45, 2.75) is 31.8 Å². The van der Waals surface area contributed by atoms with Crippen LogP contribution in [0.4, 0.5) is 5.95 Å². The average Bonchev–Trinajstić information content (AvgIpc) is 2.67. The Labute approximate surface area is 112 Å². The Morgan fingerprint density at radius 3 is 2.39 bits per heavy atom. The van der Waals surface area contributed by atoms with Crippen molar-refractivity contribution in [2.75, 3.05) is 24.6 Å². The van der Waals surface area contributed by atoms with E-state index in [-0.39, 0.29) is 5.91 Å². The third kappa shape index (κ3) is 3.90. The molecule has 0 radical (unpaired) electrons. The van der Waals surface area contributed by atoms with Crippen molar-refractivity contribution >= 4 is 23.6 Å². The predicted octanol–water partition coefficient (Wildman–Crippen LogP) is 1.14. The Bertz CT molecular complexity index is 387. The van der Waals surface area contributed by atoms with Crippen LogP contribution in [0.3, 0.4) is 0 Å².